The number of esters is 1. The molecule has 0 N–H and O–H groups in total. The SMILES string of the molecule is COCc1nc(OCc2cc(C(F)(F)F)ccc2F)c(C#N)cc1C(=O)OC. The molecule has 1 heterocycles. The number of nitrogens with zero attached hydrogens (tertiary/aromatic N) is 2. The first-order valence-corrected chi connectivity index (χ1v) is 7.71. The average molecular weight is 398 g/mol. The molecule has 0 saturated heterocycles. The minimum Gasteiger partial charge on any atom is -0.472 e. The van der Waals surface area contributed by atoms with Crippen LogP contribution in [0.3, 0.4) is 0 Å². The molecule has 0 aliphatic carbocycles. The maximum absolute atomic E-state index is 13.8. The lowest BCUT2D eigenvalue weighted by atomic mass is 10.1. The van der Waals surface area contributed by atoms with E-state index in [-0.39, 0.29) is 34.9 Å². The van der Waals surface area contributed by atoms with E-state index in [2.05, 4.69) is 9.72 Å². The summed E-state index contributed by atoms with van der Waals surface area (Å²) in [7, 11) is 2.49. The monoisotopic (exact) mass is 398 g/mol. The molecule has 2 aromatic rings. The number of halogens is 4. The van der Waals surface area contributed by atoms with Crippen LogP contribution in [0, 0.1) is 17.1 Å². The second-order valence-corrected chi connectivity index (χ2v) is 5.46. The van der Waals surface area contributed by atoms with Crippen LogP contribution in [0.1, 0.15) is 32.7 Å². The molecule has 0 spiro atoms. The van der Waals surface area contributed by atoms with Crippen molar-refractivity contribution < 1.29 is 36.6 Å². The highest BCUT2D eigenvalue weighted by atomic mass is 19.4. The van der Waals surface area contributed by atoms with E-state index in [1.165, 1.54) is 7.11 Å². The van der Waals surface area contributed by atoms with Crippen LogP contribution in [0.4, 0.5) is 17.6 Å². The van der Waals surface area contributed by atoms with Gasteiger partial charge in [0.2, 0.25) is 5.88 Å². The van der Waals surface area contributed by atoms with E-state index in [1.54, 1.807) is 6.07 Å². The summed E-state index contributed by atoms with van der Waals surface area (Å²) in [5.41, 5.74) is -1.52. The first-order valence-electron chi connectivity index (χ1n) is 7.71. The first-order chi connectivity index (χ1) is 13.2. The van der Waals surface area contributed by atoms with Crippen molar-refractivity contribution in [2.24, 2.45) is 0 Å². The molecule has 0 fully saturated rings. The van der Waals surface area contributed by atoms with Gasteiger partial charge in [0.1, 0.15) is 24.1 Å². The lowest BCUT2D eigenvalue weighted by molar-refractivity contribution is -0.137. The predicted molar refractivity (Wildman–Crippen MR) is 86.7 cm³/mol. The summed E-state index contributed by atoms with van der Waals surface area (Å²) in [6, 6.07) is 4.82. The molecule has 148 valence electrons. The van der Waals surface area contributed by atoms with Crippen molar-refractivity contribution in [3.63, 3.8) is 0 Å². The molecular weight excluding hydrogens is 384 g/mol. The van der Waals surface area contributed by atoms with E-state index in [9.17, 15) is 27.6 Å². The quantitative estimate of drug-likeness (QED) is 0.546. The molecule has 0 aliphatic heterocycles. The Labute approximate surface area is 157 Å². The number of methoxy groups -OCH3 is 2. The number of ether oxygens (including phenoxy) is 3. The van der Waals surface area contributed by atoms with Crippen molar-refractivity contribution in [2.75, 3.05) is 14.2 Å². The summed E-state index contributed by atoms with van der Waals surface area (Å²) in [6.07, 6.45) is -4.65. The number of carbonyl (C=O) groups excluding carboxylic acids is 1. The number of nitriles is 1. The van der Waals surface area contributed by atoms with Crippen molar-refractivity contribution in [3.8, 4) is 11.9 Å². The van der Waals surface area contributed by atoms with Gasteiger partial charge >= 0.3 is 12.1 Å². The Kier molecular flexibility index (Phi) is 6.53. The van der Waals surface area contributed by atoms with Crippen molar-refractivity contribution in [2.45, 2.75) is 19.4 Å². The van der Waals surface area contributed by atoms with Crippen molar-refractivity contribution in [3.05, 3.63) is 58.0 Å². The van der Waals surface area contributed by atoms with E-state index < -0.39 is 30.1 Å². The second-order valence-electron chi connectivity index (χ2n) is 5.46. The highest BCUT2D eigenvalue weighted by molar-refractivity contribution is 5.91. The number of hydrogen-bond donors (Lipinski definition) is 0. The van der Waals surface area contributed by atoms with Crippen LogP contribution in [0.25, 0.3) is 0 Å². The van der Waals surface area contributed by atoms with Gasteiger partial charge in [0, 0.05) is 12.7 Å². The maximum Gasteiger partial charge on any atom is 0.416 e. The lowest BCUT2D eigenvalue weighted by Crippen LogP contribution is -2.12. The number of aromatic nitrogens is 1. The molecule has 0 radical (unpaired) electrons. The summed E-state index contributed by atoms with van der Waals surface area (Å²) in [4.78, 5) is 15.8. The van der Waals surface area contributed by atoms with Gasteiger partial charge in [-0.25, -0.2) is 14.2 Å². The standard InChI is InChI=1S/C18H14F4N2O4/c1-26-9-15-13(17(25)27-2)6-10(7-23)16(24-15)28-8-11-5-12(18(20,21)22)3-4-14(11)19/h3-6H,8-9H2,1-2H3. The number of benzene rings is 1. The molecule has 28 heavy (non-hydrogen) atoms. The molecule has 0 unspecified atom stereocenters. The number of hydrogen-bond acceptors (Lipinski definition) is 6. The minimum atomic E-state index is -4.65. The van der Waals surface area contributed by atoms with Gasteiger partial charge in [-0.1, -0.05) is 0 Å². The van der Waals surface area contributed by atoms with Crippen LogP contribution in [-0.2, 0) is 28.9 Å². The zero-order chi connectivity index (χ0) is 20.9. The third kappa shape index (κ3) is 4.75. The molecular formula is C18H14F4N2O4. The van der Waals surface area contributed by atoms with Gasteiger partial charge in [0.05, 0.1) is 30.5 Å². The summed E-state index contributed by atoms with van der Waals surface area (Å²) in [5.74, 6) is -1.94. The predicted octanol–water partition coefficient (Wildman–Crippen LogP) is 3.62. The molecule has 0 amide bonds. The lowest BCUT2D eigenvalue weighted by Gasteiger charge is -2.13. The van der Waals surface area contributed by atoms with E-state index in [0.29, 0.717) is 18.2 Å². The van der Waals surface area contributed by atoms with Gasteiger partial charge in [-0.3, -0.25) is 0 Å². The minimum absolute atomic E-state index is 0.0292. The van der Waals surface area contributed by atoms with Crippen LogP contribution in [0.15, 0.2) is 24.3 Å². The second kappa shape index (κ2) is 8.67. The third-order valence-electron chi connectivity index (χ3n) is 3.61. The van der Waals surface area contributed by atoms with Crippen LogP contribution in [-0.4, -0.2) is 25.2 Å². The van der Waals surface area contributed by atoms with E-state index in [4.69, 9.17) is 9.47 Å². The highest BCUT2D eigenvalue weighted by Crippen LogP contribution is 2.31. The zero-order valence-corrected chi connectivity index (χ0v) is 14.8. The smallest absolute Gasteiger partial charge is 0.416 e. The summed E-state index contributed by atoms with van der Waals surface area (Å²) in [5, 5.41) is 9.24. The van der Waals surface area contributed by atoms with Gasteiger partial charge in [0.25, 0.3) is 0 Å². The fourth-order valence-electron chi connectivity index (χ4n) is 2.26. The Morgan fingerprint density at radius 1 is 1.21 bits per heavy atom. The van der Waals surface area contributed by atoms with E-state index >= 15 is 0 Å². The number of pyridine rings is 1. The molecule has 1 aromatic heterocycles. The summed E-state index contributed by atoms with van der Waals surface area (Å²) >= 11 is 0. The largest absolute Gasteiger partial charge is 0.472 e. The molecule has 1 aromatic carbocycles. The Morgan fingerprint density at radius 3 is 2.50 bits per heavy atom. The van der Waals surface area contributed by atoms with Crippen LogP contribution in [0.2, 0.25) is 0 Å². The average Bonchev–Trinajstić information content (AvgIpc) is 2.66. The van der Waals surface area contributed by atoms with Gasteiger partial charge < -0.3 is 14.2 Å². The van der Waals surface area contributed by atoms with Crippen LogP contribution >= 0.6 is 0 Å². The zero-order valence-electron chi connectivity index (χ0n) is 14.8. The van der Waals surface area contributed by atoms with Gasteiger partial charge in [-0.2, -0.15) is 18.4 Å². The fourth-order valence-corrected chi connectivity index (χ4v) is 2.26. The first kappa shape index (κ1) is 21.1. The maximum atomic E-state index is 13.8. The van der Waals surface area contributed by atoms with Crippen molar-refractivity contribution in [1.82, 2.24) is 4.98 Å². The molecule has 6 nitrogen and oxygen atoms in total. The molecule has 0 saturated carbocycles. The van der Waals surface area contributed by atoms with Crippen LogP contribution in [0.5, 0.6) is 5.88 Å². The summed E-state index contributed by atoms with van der Waals surface area (Å²) in [6.45, 7) is -0.730. The fraction of sp³-hybridized carbons (Fsp3) is 0.278. The highest BCUT2D eigenvalue weighted by Gasteiger charge is 2.31. The van der Waals surface area contributed by atoms with Gasteiger partial charge in [-0.05, 0) is 24.3 Å². The number of carbonyl (C=O) groups is 1. The molecule has 10 heteroatoms. The molecule has 0 aliphatic rings. The normalized spacial score (nSPS) is 11.0. The molecule has 0 bridgehead atoms. The summed E-state index contributed by atoms with van der Waals surface area (Å²) < 4.78 is 67.0. The van der Waals surface area contributed by atoms with Gasteiger partial charge in [-0.15, -0.1) is 0 Å². The van der Waals surface area contributed by atoms with Gasteiger partial charge in [0.15, 0.2) is 0 Å². The number of rotatable bonds is 6. The Bertz CT molecular complexity index is 923. The molecule has 2 rings (SSSR count). The third-order valence-corrected chi connectivity index (χ3v) is 3.61. The topological polar surface area (TPSA) is 81.4 Å². The Morgan fingerprint density at radius 2 is 1.93 bits per heavy atom. The van der Waals surface area contributed by atoms with Crippen LogP contribution < -0.4 is 4.74 Å². The van der Waals surface area contributed by atoms with E-state index in [1.807, 2.05) is 0 Å². The number of alkyl halides is 3. The van der Waals surface area contributed by atoms with E-state index in [0.717, 1.165) is 13.2 Å². The van der Waals surface area contributed by atoms with Crippen molar-refractivity contribution in [1.29, 1.82) is 5.26 Å². The molecule has 0 atom stereocenters. The van der Waals surface area contributed by atoms with Crippen molar-refractivity contribution >= 4 is 5.97 Å². The Hall–Kier alpha value is -3.19. The Balaban J connectivity index is 2.38.